The van der Waals surface area contributed by atoms with Crippen molar-refractivity contribution in [2.45, 2.75) is 0 Å². The summed E-state index contributed by atoms with van der Waals surface area (Å²) in [5, 5.41) is 0. The highest BCUT2D eigenvalue weighted by Gasteiger charge is 2.09. The fourth-order valence-electron chi connectivity index (χ4n) is 1.42. The topological polar surface area (TPSA) is 0 Å². The molecule has 0 nitrogen and oxygen atoms in total. The first-order valence-electron chi connectivity index (χ1n) is 4.95. The van der Waals surface area contributed by atoms with Crippen molar-refractivity contribution < 1.29 is 8.78 Å². The van der Waals surface area contributed by atoms with Gasteiger partial charge in [-0.2, -0.15) is 0 Å². The van der Waals surface area contributed by atoms with Gasteiger partial charge in [0.2, 0.25) is 0 Å². The quantitative estimate of drug-likeness (QED) is 0.650. The molecule has 16 heavy (non-hydrogen) atoms. The van der Waals surface area contributed by atoms with Crippen LogP contribution in [0.4, 0.5) is 8.78 Å². The lowest BCUT2D eigenvalue weighted by molar-refractivity contribution is 0.700. The smallest absolute Gasteiger partial charge is 0.166 e. The average molecular weight is 216 g/mol. The zero-order valence-corrected chi connectivity index (χ0v) is 8.53. The van der Waals surface area contributed by atoms with Crippen LogP contribution in [0.3, 0.4) is 0 Å². The number of hydrogen-bond acceptors (Lipinski definition) is 0. The van der Waals surface area contributed by atoms with Crippen LogP contribution in [0.5, 0.6) is 0 Å². The molecule has 0 aliphatic carbocycles. The average Bonchev–Trinajstić information content (AvgIpc) is 2.39. The molecule has 0 spiro atoms. The van der Waals surface area contributed by atoms with Gasteiger partial charge in [-0.3, -0.25) is 0 Å². The van der Waals surface area contributed by atoms with E-state index in [2.05, 4.69) is 0 Å². The normalized spacial score (nSPS) is 12.1. The fourth-order valence-corrected chi connectivity index (χ4v) is 1.42. The van der Waals surface area contributed by atoms with E-state index in [0.29, 0.717) is 0 Å². The summed E-state index contributed by atoms with van der Waals surface area (Å²) in [4.78, 5) is 0. The molecule has 0 heterocycles. The molecule has 0 atom stereocenters. The van der Waals surface area contributed by atoms with Gasteiger partial charge in [0.1, 0.15) is 0 Å². The summed E-state index contributed by atoms with van der Waals surface area (Å²) in [6.45, 7) is 0. The van der Waals surface area contributed by atoms with Crippen LogP contribution in [0.25, 0.3) is 11.7 Å². The lowest BCUT2D eigenvalue weighted by Gasteiger charge is -2.01. The van der Waals surface area contributed by atoms with Gasteiger partial charge in [0.15, 0.2) is 11.7 Å². The summed E-state index contributed by atoms with van der Waals surface area (Å²) in [7, 11) is 0. The molecule has 0 aliphatic rings. The van der Waals surface area contributed by atoms with Gasteiger partial charge in [0.25, 0.3) is 0 Å². The molecule has 2 aromatic carbocycles. The molecule has 0 fully saturated rings. The standard InChI is InChI=1S/C14H10F2/c15-13(11-7-3-1-4-8-11)14(16)12-9-5-2-6-10-12/h1-10H/b14-13+. The second-order valence-corrected chi connectivity index (χ2v) is 3.36. The molecule has 0 unspecified atom stereocenters. The zero-order chi connectivity index (χ0) is 11.4. The van der Waals surface area contributed by atoms with Crippen LogP contribution in [-0.4, -0.2) is 0 Å². The summed E-state index contributed by atoms with van der Waals surface area (Å²) >= 11 is 0. The summed E-state index contributed by atoms with van der Waals surface area (Å²) in [5.74, 6) is -1.65. The Morgan fingerprint density at radius 3 is 1.19 bits per heavy atom. The van der Waals surface area contributed by atoms with E-state index in [0.717, 1.165) is 0 Å². The van der Waals surface area contributed by atoms with Crippen LogP contribution in [0.15, 0.2) is 60.7 Å². The molecule has 0 aliphatic heterocycles. The Hall–Kier alpha value is -1.96. The zero-order valence-electron chi connectivity index (χ0n) is 8.53. The van der Waals surface area contributed by atoms with Crippen molar-refractivity contribution >= 4 is 11.7 Å². The minimum atomic E-state index is -0.827. The molecule has 0 saturated heterocycles. The summed E-state index contributed by atoms with van der Waals surface area (Å²) in [6, 6.07) is 16.4. The van der Waals surface area contributed by atoms with Gasteiger partial charge in [0.05, 0.1) is 0 Å². The molecule has 80 valence electrons. The monoisotopic (exact) mass is 216 g/mol. The predicted octanol–water partition coefficient (Wildman–Crippen LogP) is 4.45. The Balaban J connectivity index is 2.43. The highest BCUT2D eigenvalue weighted by Crippen LogP contribution is 2.28. The molecule has 2 aromatic rings. The number of benzene rings is 2. The van der Waals surface area contributed by atoms with Crippen molar-refractivity contribution in [2.24, 2.45) is 0 Å². The van der Waals surface area contributed by atoms with Gasteiger partial charge in [-0.05, 0) is 0 Å². The maximum Gasteiger partial charge on any atom is 0.166 e. The summed E-state index contributed by atoms with van der Waals surface area (Å²) < 4.78 is 27.4. The van der Waals surface area contributed by atoms with Crippen LogP contribution in [-0.2, 0) is 0 Å². The van der Waals surface area contributed by atoms with Crippen LogP contribution >= 0.6 is 0 Å². The Bertz CT molecular complexity index is 439. The van der Waals surface area contributed by atoms with Crippen molar-refractivity contribution in [2.75, 3.05) is 0 Å². The van der Waals surface area contributed by atoms with Gasteiger partial charge in [-0.15, -0.1) is 0 Å². The SMILES string of the molecule is F/C(=C(/F)c1ccccc1)c1ccccc1. The van der Waals surface area contributed by atoms with E-state index >= 15 is 0 Å². The first-order chi connectivity index (χ1) is 7.79. The number of hydrogen-bond donors (Lipinski definition) is 0. The molecule has 0 amide bonds. The van der Waals surface area contributed by atoms with Crippen molar-refractivity contribution in [1.82, 2.24) is 0 Å². The molecule has 0 N–H and O–H groups in total. The second kappa shape index (κ2) is 4.71. The van der Waals surface area contributed by atoms with E-state index in [9.17, 15) is 8.78 Å². The minimum absolute atomic E-state index is 0.254. The molecule has 0 saturated carbocycles. The third-order valence-corrected chi connectivity index (χ3v) is 2.25. The molecule has 0 radical (unpaired) electrons. The lowest BCUT2D eigenvalue weighted by atomic mass is 10.1. The third kappa shape index (κ3) is 2.16. The highest BCUT2D eigenvalue weighted by molar-refractivity contribution is 5.82. The van der Waals surface area contributed by atoms with Crippen LogP contribution in [0, 0.1) is 0 Å². The predicted molar refractivity (Wildman–Crippen MR) is 61.9 cm³/mol. The van der Waals surface area contributed by atoms with Crippen molar-refractivity contribution in [3.05, 3.63) is 71.8 Å². The maximum absolute atomic E-state index is 13.7. The Morgan fingerprint density at radius 1 is 0.562 bits per heavy atom. The lowest BCUT2D eigenvalue weighted by Crippen LogP contribution is -1.83. The van der Waals surface area contributed by atoms with E-state index in [1.54, 1.807) is 36.4 Å². The molecule has 2 heteroatoms. The third-order valence-electron chi connectivity index (χ3n) is 2.25. The highest BCUT2D eigenvalue weighted by atomic mass is 19.2. The molecule has 2 rings (SSSR count). The summed E-state index contributed by atoms with van der Waals surface area (Å²) in [6.07, 6.45) is 0. The van der Waals surface area contributed by atoms with E-state index < -0.39 is 11.7 Å². The van der Waals surface area contributed by atoms with Gasteiger partial charge < -0.3 is 0 Å². The van der Waals surface area contributed by atoms with Crippen molar-refractivity contribution in [3.8, 4) is 0 Å². The van der Waals surface area contributed by atoms with Gasteiger partial charge in [-0.1, -0.05) is 60.7 Å². The van der Waals surface area contributed by atoms with Crippen LogP contribution < -0.4 is 0 Å². The Labute approximate surface area is 92.9 Å². The number of halogens is 2. The molecular weight excluding hydrogens is 206 g/mol. The Morgan fingerprint density at radius 2 is 0.875 bits per heavy atom. The van der Waals surface area contributed by atoms with Crippen molar-refractivity contribution in [3.63, 3.8) is 0 Å². The number of rotatable bonds is 2. The molecule has 0 aromatic heterocycles. The van der Waals surface area contributed by atoms with E-state index in [1.165, 1.54) is 24.3 Å². The first kappa shape index (κ1) is 10.6. The first-order valence-corrected chi connectivity index (χ1v) is 4.95. The van der Waals surface area contributed by atoms with E-state index in [4.69, 9.17) is 0 Å². The van der Waals surface area contributed by atoms with Gasteiger partial charge >= 0.3 is 0 Å². The van der Waals surface area contributed by atoms with E-state index in [1.807, 2.05) is 0 Å². The summed E-state index contributed by atoms with van der Waals surface area (Å²) in [5.41, 5.74) is 0.507. The van der Waals surface area contributed by atoms with Crippen molar-refractivity contribution in [1.29, 1.82) is 0 Å². The largest absolute Gasteiger partial charge is 0.203 e. The van der Waals surface area contributed by atoms with Gasteiger partial charge in [-0.25, -0.2) is 8.78 Å². The Kier molecular flexibility index (Phi) is 3.10. The fraction of sp³-hybridized carbons (Fsp3) is 0. The van der Waals surface area contributed by atoms with Gasteiger partial charge in [0, 0.05) is 11.1 Å². The van der Waals surface area contributed by atoms with Crippen LogP contribution in [0.2, 0.25) is 0 Å². The maximum atomic E-state index is 13.7. The van der Waals surface area contributed by atoms with E-state index in [-0.39, 0.29) is 11.1 Å². The second-order valence-electron chi connectivity index (χ2n) is 3.36. The van der Waals surface area contributed by atoms with Crippen LogP contribution in [0.1, 0.15) is 11.1 Å². The molecular formula is C14H10F2. The molecule has 0 bridgehead atoms. The minimum Gasteiger partial charge on any atom is -0.203 e.